The average Bonchev–Trinajstić information content (AvgIpc) is 2.90. The number of rotatable bonds is 4. The summed E-state index contributed by atoms with van der Waals surface area (Å²) in [7, 11) is 3.52. The molecule has 23 heavy (non-hydrogen) atoms. The van der Waals surface area contributed by atoms with Crippen LogP contribution in [0.25, 0.3) is 0 Å². The molecule has 0 aliphatic carbocycles. The van der Waals surface area contributed by atoms with E-state index >= 15 is 0 Å². The molecular weight excluding hydrogens is 299 g/mol. The van der Waals surface area contributed by atoms with Crippen molar-refractivity contribution in [2.24, 2.45) is 7.05 Å². The van der Waals surface area contributed by atoms with E-state index in [1.165, 1.54) is 6.07 Å². The Morgan fingerprint density at radius 2 is 2.30 bits per heavy atom. The Morgan fingerprint density at radius 3 is 3.00 bits per heavy atom. The molecule has 0 radical (unpaired) electrons. The Labute approximate surface area is 133 Å². The van der Waals surface area contributed by atoms with Crippen LogP contribution in [0.3, 0.4) is 0 Å². The summed E-state index contributed by atoms with van der Waals surface area (Å²) in [6.07, 6.45) is 3.23. The lowest BCUT2D eigenvalue weighted by molar-refractivity contribution is -0.132. The number of carbonyl (C=O) groups excluding carboxylic acids is 1. The molecule has 0 bridgehead atoms. The van der Waals surface area contributed by atoms with Crippen LogP contribution < -0.4 is 0 Å². The number of nitrogens with zero attached hydrogens (tertiary/aromatic N) is 4. The van der Waals surface area contributed by atoms with Gasteiger partial charge in [-0.2, -0.15) is 5.10 Å². The summed E-state index contributed by atoms with van der Waals surface area (Å²) in [5.74, 6) is -0.367. The summed E-state index contributed by atoms with van der Waals surface area (Å²) in [5, 5.41) is 4.48. The van der Waals surface area contributed by atoms with Gasteiger partial charge in [0.15, 0.2) is 0 Å². The van der Waals surface area contributed by atoms with Crippen LogP contribution in [0, 0.1) is 5.82 Å². The normalized spacial score (nSPS) is 17.2. The third-order valence-electron chi connectivity index (χ3n) is 3.97. The average molecular weight is 318 g/mol. The zero-order chi connectivity index (χ0) is 16.4. The minimum absolute atomic E-state index is 0.0280. The first-order chi connectivity index (χ1) is 11.1. The van der Waals surface area contributed by atoms with Gasteiger partial charge in [-0.1, -0.05) is 0 Å². The minimum atomic E-state index is -0.403. The van der Waals surface area contributed by atoms with Gasteiger partial charge in [0.25, 0.3) is 0 Å². The van der Waals surface area contributed by atoms with Crippen molar-refractivity contribution in [1.29, 1.82) is 0 Å². The summed E-state index contributed by atoms with van der Waals surface area (Å²) in [6.45, 7) is 1.61. The molecule has 1 atom stereocenters. The zero-order valence-corrected chi connectivity index (χ0v) is 13.2. The van der Waals surface area contributed by atoms with Crippen molar-refractivity contribution in [3.05, 3.63) is 47.3 Å². The summed E-state index contributed by atoms with van der Waals surface area (Å²) >= 11 is 0. The van der Waals surface area contributed by atoms with Gasteiger partial charge in [0.2, 0.25) is 5.91 Å². The standard InChI is InChI=1S/C16H19FN4O2/c1-20-7-11-8-21(9-12(10-23-2)16(11)19-20)15(22)5-14-4-3-13(17)6-18-14/h3-4,6-7,12H,5,8-10H2,1-2H3/t12-/m1/s1. The van der Waals surface area contributed by atoms with E-state index in [-0.39, 0.29) is 18.2 Å². The zero-order valence-electron chi connectivity index (χ0n) is 13.2. The Bertz CT molecular complexity index is 699. The van der Waals surface area contributed by atoms with Crippen LogP contribution in [0.5, 0.6) is 0 Å². The maximum atomic E-state index is 12.9. The van der Waals surface area contributed by atoms with E-state index in [4.69, 9.17) is 4.74 Å². The molecule has 6 nitrogen and oxygen atoms in total. The van der Waals surface area contributed by atoms with Gasteiger partial charge in [-0.3, -0.25) is 14.5 Å². The molecule has 3 rings (SSSR count). The van der Waals surface area contributed by atoms with Gasteiger partial charge in [-0.15, -0.1) is 0 Å². The number of carbonyl (C=O) groups is 1. The van der Waals surface area contributed by atoms with Crippen LogP contribution >= 0.6 is 0 Å². The second-order valence-corrected chi connectivity index (χ2v) is 5.78. The predicted molar refractivity (Wildman–Crippen MR) is 81.1 cm³/mol. The van der Waals surface area contributed by atoms with Crippen molar-refractivity contribution < 1.29 is 13.9 Å². The van der Waals surface area contributed by atoms with Crippen LogP contribution in [0.2, 0.25) is 0 Å². The lowest BCUT2D eigenvalue weighted by atomic mass is 9.97. The quantitative estimate of drug-likeness (QED) is 0.852. The molecule has 3 heterocycles. The highest BCUT2D eigenvalue weighted by molar-refractivity contribution is 5.78. The number of amides is 1. The number of ether oxygens (including phenoxy) is 1. The third-order valence-corrected chi connectivity index (χ3v) is 3.97. The molecule has 122 valence electrons. The van der Waals surface area contributed by atoms with E-state index in [0.717, 1.165) is 17.5 Å². The van der Waals surface area contributed by atoms with E-state index in [2.05, 4.69) is 10.1 Å². The molecule has 1 amide bonds. The molecule has 2 aromatic heterocycles. The molecule has 1 aliphatic heterocycles. The number of hydrogen-bond acceptors (Lipinski definition) is 4. The van der Waals surface area contributed by atoms with Crippen LogP contribution in [0.1, 0.15) is 22.9 Å². The van der Waals surface area contributed by atoms with Crippen molar-refractivity contribution in [2.75, 3.05) is 20.3 Å². The Hall–Kier alpha value is -2.28. The highest BCUT2D eigenvalue weighted by atomic mass is 19.1. The molecule has 0 saturated heterocycles. The Balaban J connectivity index is 1.75. The largest absolute Gasteiger partial charge is 0.384 e. The van der Waals surface area contributed by atoms with Crippen molar-refractivity contribution >= 4 is 5.91 Å². The minimum Gasteiger partial charge on any atom is -0.384 e. The van der Waals surface area contributed by atoms with Crippen molar-refractivity contribution in [3.8, 4) is 0 Å². The van der Waals surface area contributed by atoms with Gasteiger partial charge in [-0.05, 0) is 12.1 Å². The molecule has 0 spiro atoms. The first-order valence-corrected chi connectivity index (χ1v) is 7.46. The third kappa shape index (κ3) is 3.39. The smallest absolute Gasteiger partial charge is 0.228 e. The van der Waals surface area contributed by atoms with Gasteiger partial charge in [0.05, 0.1) is 24.9 Å². The Morgan fingerprint density at radius 1 is 1.48 bits per heavy atom. The number of aromatic nitrogens is 3. The van der Waals surface area contributed by atoms with Crippen LogP contribution in [0.15, 0.2) is 24.5 Å². The summed E-state index contributed by atoms with van der Waals surface area (Å²) < 4.78 is 19.9. The Kier molecular flexibility index (Phi) is 4.38. The summed E-state index contributed by atoms with van der Waals surface area (Å²) in [5.41, 5.74) is 2.61. The molecule has 0 fully saturated rings. The molecule has 1 aliphatic rings. The molecule has 0 unspecified atom stereocenters. The predicted octanol–water partition coefficient (Wildman–Crippen LogP) is 1.27. The molecule has 0 N–H and O–H groups in total. The first-order valence-electron chi connectivity index (χ1n) is 7.46. The molecule has 0 aromatic carbocycles. The fraction of sp³-hybridized carbons (Fsp3) is 0.438. The maximum absolute atomic E-state index is 12.9. The van der Waals surface area contributed by atoms with Gasteiger partial charge in [0.1, 0.15) is 5.82 Å². The highest BCUT2D eigenvalue weighted by Crippen LogP contribution is 2.27. The number of hydrogen-bond donors (Lipinski definition) is 0. The lowest BCUT2D eigenvalue weighted by Gasteiger charge is -2.31. The number of aryl methyl sites for hydroxylation is 1. The lowest BCUT2D eigenvalue weighted by Crippen LogP contribution is -2.40. The van der Waals surface area contributed by atoms with E-state index in [9.17, 15) is 9.18 Å². The van der Waals surface area contributed by atoms with Gasteiger partial charge in [-0.25, -0.2) is 4.39 Å². The summed E-state index contributed by atoms with van der Waals surface area (Å²) in [4.78, 5) is 18.3. The van der Waals surface area contributed by atoms with Crippen LogP contribution in [-0.4, -0.2) is 45.8 Å². The van der Waals surface area contributed by atoms with E-state index in [0.29, 0.717) is 25.4 Å². The van der Waals surface area contributed by atoms with Crippen molar-refractivity contribution in [1.82, 2.24) is 19.7 Å². The van der Waals surface area contributed by atoms with E-state index in [1.807, 2.05) is 13.2 Å². The van der Waals surface area contributed by atoms with E-state index < -0.39 is 5.82 Å². The molecule has 0 saturated carbocycles. The fourth-order valence-corrected chi connectivity index (χ4v) is 2.94. The second kappa shape index (κ2) is 6.45. The monoisotopic (exact) mass is 318 g/mol. The van der Waals surface area contributed by atoms with Crippen molar-refractivity contribution in [2.45, 2.75) is 18.9 Å². The SMILES string of the molecule is COC[C@H]1CN(C(=O)Cc2ccc(F)cn2)Cc2cn(C)nc21. The van der Waals surface area contributed by atoms with Crippen LogP contribution in [0.4, 0.5) is 4.39 Å². The van der Waals surface area contributed by atoms with Gasteiger partial charge in [0, 0.05) is 50.6 Å². The number of methoxy groups -OCH3 is 1. The highest BCUT2D eigenvalue weighted by Gasteiger charge is 2.30. The molecule has 2 aromatic rings. The summed E-state index contributed by atoms with van der Waals surface area (Å²) in [6, 6.07) is 2.86. The number of halogens is 1. The topological polar surface area (TPSA) is 60.2 Å². The second-order valence-electron chi connectivity index (χ2n) is 5.78. The fourth-order valence-electron chi connectivity index (χ4n) is 2.94. The van der Waals surface area contributed by atoms with E-state index in [1.54, 1.807) is 22.8 Å². The number of pyridine rings is 1. The van der Waals surface area contributed by atoms with Crippen LogP contribution in [-0.2, 0) is 29.5 Å². The maximum Gasteiger partial charge on any atom is 0.228 e. The van der Waals surface area contributed by atoms with Gasteiger partial charge >= 0.3 is 0 Å². The molecular formula is C16H19FN4O2. The first kappa shape index (κ1) is 15.6. The van der Waals surface area contributed by atoms with Gasteiger partial charge < -0.3 is 9.64 Å². The number of fused-ring (bicyclic) bond motifs is 1. The molecule has 7 heteroatoms. The van der Waals surface area contributed by atoms with Crippen molar-refractivity contribution in [3.63, 3.8) is 0 Å².